The van der Waals surface area contributed by atoms with Gasteiger partial charge in [0.1, 0.15) is 6.20 Å². The van der Waals surface area contributed by atoms with Crippen LogP contribution in [0.3, 0.4) is 0 Å². The van der Waals surface area contributed by atoms with Crippen LogP contribution in [0, 0.1) is 29.1 Å². The van der Waals surface area contributed by atoms with Crippen LogP contribution in [0.25, 0.3) is 11.5 Å². The molecule has 0 radical (unpaired) electrons. The van der Waals surface area contributed by atoms with E-state index in [0.29, 0.717) is 0 Å². The van der Waals surface area contributed by atoms with Gasteiger partial charge in [-0.3, -0.25) is 0 Å². The molecule has 2 aromatic heterocycles. The Hall–Kier alpha value is -2.55. The highest BCUT2D eigenvalue weighted by Crippen LogP contribution is 2.25. The van der Waals surface area contributed by atoms with E-state index >= 15 is 0 Å². The van der Waals surface area contributed by atoms with Gasteiger partial charge in [0.05, 0.1) is 6.20 Å². The number of hydrogen-bond acceptors (Lipinski definition) is 2. The molecule has 0 bridgehead atoms. The lowest BCUT2D eigenvalue weighted by Gasteiger charge is -2.05. The van der Waals surface area contributed by atoms with E-state index in [0.717, 1.165) is 17.1 Å². The van der Waals surface area contributed by atoms with Crippen molar-refractivity contribution in [2.24, 2.45) is 0 Å². The zero-order valence-corrected chi connectivity index (χ0v) is 11.7. The van der Waals surface area contributed by atoms with Crippen molar-refractivity contribution in [2.75, 3.05) is 0 Å². The van der Waals surface area contributed by atoms with Gasteiger partial charge in [-0.15, -0.1) is 0 Å². The van der Waals surface area contributed by atoms with Crippen LogP contribution in [0.2, 0.25) is 5.15 Å². The Labute approximate surface area is 130 Å². The molecule has 0 N–H and O–H groups in total. The first-order valence-corrected chi connectivity index (χ1v) is 6.38. The highest BCUT2D eigenvalue weighted by molar-refractivity contribution is 6.29. The highest BCUT2D eigenvalue weighted by atomic mass is 35.5. The molecule has 0 aliphatic rings. The summed E-state index contributed by atoms with van der Waals surface area (Å²) in [6.07, 6.45) is 3.49. The third kappa shape index (κ3) is 2.52. The van der Waals surface area contributed by atoms with Crippen molar-refractivity contribution in [2.45, 2.75) is 0 Å². The van der Waals surface area contributed by atoms with E-state index in [2.05, 4.69) is 10.2 Å². The van der Waals surface area contributed by atoms with E-state index < -0.39 is 34.8 Å². The first kappa shape index (κ1) is 15.3. The van der Waals surface area contributed by atoms with E-state index in [9.17, 15) is 22.0 Å². The van der Waals surface area contributed by atoms with Crippen LogP contribution in [0.15, 0.2) is 30.9 Å². The lowest BCUT2D eigenvalue weighted by molar-refractivity contribution is -0.599. The smallest absolute Gasteiger partial charge is 0.230 e. The van der Waals surface area contributed by atoms with Gasteiger partial charge in [0.15, 0.2) is 17.2 Å². The first-order valence-electron chi connectivity index (χ1n) is 6.01. The minimum Gasteiger partial charge on any atom is -0.230 e. The molecule has 0 saturated carbocycles. The number of imidazole rings is 1. The summed E-state index contributed by atoms with van der Waals surface area (Å²) in [5.74, 6) is -9.90. The van der Waals surface area contributed by atoms with Gasteiger partial charge in [0.2, 0.25) is 29.1 Å². The lowest BCUT2D eigenvalue weighted by Crippen LogP contribution is -2.29. The molecule has 118 valence electrons. The van der Waals surface area contributed by atoms with Crippen molar-refractivity contribution in [1.29, 1.82) is 0 Å². The zero-order valence-electron chi connectivity index (χ0n) is 10.9. The third-order valence-corrected chi connectivity index (χ3v) is 3.17. The average molecular weight is 348 g/mol. The van der Waals surface area contributed by atoms with Crippen molar-refractivity contribution in [3.63, 3.8) is 0 Å². The fraction of sp³-hybridized carbons (Fsp3) is 0. The SMILES string of the molecule is Fc1c(F)c(F)c(-n2cc[n+](-c3ccc(Cl)nn3)c2)c(F)c1F. The molecule has 0 spiro atoms. The molecule has 23 heavy (non-hydrogen) atoms. The Bertz CT molecular complexity index is 865. The average Bonchev–Trinajstić information content (AvgIpc) is 3.01. The van der Waals surface area contributed by atoms with Crippen molar-refractivity contribution in [3.8, 4) is 11.5 Å². The number of hydrogen-bond donors (Lipinski definition) is 0. The van der Waals surface area contributed by atoms with Crippen LogP contribution >= 0.6 is 11.6 Å². The van der Waals surface area contributed by atoms with Crippen molar-refractivity contribution >= 4 is 11.6 Å². The summed E-state index contributed by atoms with van der Waals surface area (Å²) in [6.45, 7) is 0. The quantitative estimate of drug-likeness (QED) is 0.309. The summed E-state index contributed by atoms with van der Waals surface area (Å²) in [7, 11) is 0. The predicted octanol–water partition coefficient (Wildman–Crippen LogP) is 2.89. The molecule has 0 fully saturated rings. The fourth-order valence-electron chi connectivity index (χ4n) is 1.89. The summed E-state index contributed by atoms with van der Waals surface area (Å²) < 4.78 is 69.1. The molecular formula is C13H5ClF5N4+. The maximum Gasteiger partial charge on any atom is 0.292 e. The second-order valence-corrected chi connectivity index (χ2v) is 4.75. The molecule has 0 amide bonds. The highest BCUT2D eigenvalue weighted by Gasteiger charge is 2.29. The van der Waals surface area contributed by atoms with Gasteiger partial charge in [-0.25, -0.2) is 22.3 Å². The Morgan fingerprint density at radius 3 is 2.04 bits per heavy atom. The zero-order chi connectivity index (χ0) is 16.7. The molecule has 10 heteroatoms. The molecule has 0 aliphatic carbocycles. The molecule has 0 atom stereocenters. The second-order valence-electron chi connectivity index (χ2n) is 4.36. The van der Waals surface area contributed by atoms with Crippen molar-refractivity contribution in [3.05, 3.63) is 65.1 Å². The van der Waals surface area contributed by atoms with E-state index in [4.69, 9.17) is 11.6 Å². The van der Waals surface area contributed by atoms with Gasteiger partial charge in [-0.05, 0) is 6.07 Å². The summed E-state index contributed by atoms with van der Waals surface area (Å²) >= 11 is 5.59. The number of nitrogens with zero attached hydrogens (tertiary/aromatic N) is 4. The van der Waals surface area contributed by atoms with Crippen LogP contribution < -0.4 is 4.57 Å². The van der Waals surface area contributed by atoms with Gasteiger partial charge in [-0.1, -0.05) is 16.7 Å². The summed E-state index contributed by atoms with van der Waals surface area (Å²) in [5, 5.41) is 7.43. The van der Waals surface area contributed by atoms with Crippen LogP contribution in [0.1, 0.15) is 0 Å². The van der Waals surface area contributed by atoms with Gasteiger partial charge < -0.3 is 0 Å². The molecule has 2 heterocycles. The Morgan fingerprint density at radius 2 is 1.48 bits per heavy atom. The lowest BCUT2D eigenvalue weighted by atomic mass is 10.2. The van der Waals surface area contributed by atoms with E-state index in [-0.39, 0.29) is 11.0 Å². The van der Waals surface area contributed by atoms with E-state index in [1.165, 1.54) is 22.9 Å². The Balaban J connectivity index is 2.13. The van der Waals surface area contributed by atoms with Crippen LogP contribution in [-0.2, 0) is 0 Å². The molecule has 1 aromatic carbocycles. The minimum absolute atomic E-state index is 0.133. The Morgan fingerprint density at radius 1 is 0.870 bits per heavy atom. The first-order chi connectivity index (χ1) is 10.9. The molecular weight excluding hydrogens is 343 g/mol. The minimum atomic E-state index is -2.22. The largest absolute Gasteiger partial charge is 0.292 e. The molecule has 0 unspecified atom stereocenters. The standard InChI is InChI=1S/C13H5ClF5N4/c14-6-1-2-7(21-20-6)22-3-4-23(5-22)13-11(18)9(16)8(15)10(17)12(13)19/h1-5H/q+1. The normalized spacial score (nSPS) is 11.0. The van der Waals surface area contributed by atoms with Crippen molar-refractivity contribution < 1.29 is 26.5 Å². The topological polar surface area (TPSA) is 34.6 Å². The number of halogens is 6. The van der Waals surface area contributed by atoms with Gasteiger partial charge in [0.25, 0.3) is 5.82 Å². The maximum atomic E-state index is 13.8. The third-order valence-electron chi connectivity index (χ3n) is 2.96. The number of rotatable bonds is 2. The van der Waals surface area contributed by atoms with Gasteiger partial charge in [-0.2, -0.15) is 8.78 Å². The Kier molecular flexibility index (Phi) is 3.72. The second kappa shape index (κ2) is 5.58. The predicted molar refractivity (Wildman–Crippen MR) is 67.7 cm³/mol. The number of aromatic nitrogens is 4. The summed E-state index contributed by atoms with van der Waals surface area (Å²) in [6, 6.07) is 2.88. The molecule has 4 nitrogen and oxygen atoms in total. The van der Waals surface area contributed by atoms with Crippen LogP contribution in [0.4, 0.5) is 22.0 Å². The van der Waals surface area contributed by atoms with Crippen molar-refractivity contribution in [1.82, 2.24) is 14.8 Å². The van der Waals surface area contributed by atoms with Crippen LogP contribution in [-0.4, -0.2) is 14.8 Å². The van der Waals surface area contributed by atoms with E-state index in [1.54, 1.807) is 0 Å². The summed E-state index contributed by atoms with van der Waals surface area (Å²) in [5.41, 5.74) is -1.10. The number of benzene rings is 1. The van der Waals surface area contributed by atoms with E-state index in [1.807, 2.05) is 0 Å². The fourth-order valence-corrected chi connectivity index (χ4v) is 1.99. The summed E-state index contributed by atoms with van der Waals surface area (Å²) in [4.78, 5) is 0. The molecule has 3 rings (SSSR count). The van der Waals surface area contributed by atoms with Gasteiger partial charge in [0, 0.05) is 11.2 Å². The molecule has 0 saturated heterocycles. The van der Waals surface area contributed by atoms with Gasteiger partial charge >= 0.3 is 0 Å². The van der Waals surface area contributed by atoms with Crippen LogP contribution in [0.5, 0.6) is 0 Å². The molecule has 0 aliphatic heterocycles. The molecule has 3 aromatic rings. The monoisotopic (exact) mass is 347 g/mol. The maximum absolute atomic E-state index is 13.8.